The number of aryl methyl sites for hydroxylation is 2. The summed E-state index contributed by atoms with van der Waals surface area (Å²) in [6, 6.07) is 10.9. The molecule has 2 aromatic heterocycles. The number of nitrogens with one attached hydrogen (secondary N) is 1. The van der Waals surface area contributed by atoms with Crippen LogP contribution in [-0.2, 0) is 11.3 Å². The molecule has 1 fully saturated rings. The van der Waals surface area contributed by atoms with Crippen LogP contribution in [0.4, 0.5) is 0 Å². The molecule has 1 aliphatic carbocycles. The minimum absolute atomic E-state index is 0.154. The SMILES string of the molecule is Cc1ccc2oc(=O)n(CCC(=O)N[C@H](c3ccccn3)C3CC(O)C3)c2c1. The van der Waals surface area contributed by atoms with Crippen molar-refractivity contribution in [3.63, 3.8) is 0 Å². The predicted molar refractivity (Wildman–Crippen MR) is 104 cm³/mol. The molecular weight excluding hydrogens is 358 g/mol. The largest absolute Gasteiger partial charge is 0.419 e. The standard InChI is InChI=1S/C21H23N3O4/c1-13-5-6-18-17(10-13)24(21(27)28-18)9-7-19(26)23-20(14-11-15(25)12-14)16-4-2-3-8-22-16/h2-6,8,10,14-15,20,25H,7,9,11-12H2,1H3,(H,23,26)/t14?,15?,20-/m0/s1. The van der Waals surface area contributed by atoms with E-state index in [1.165, 1.54) is 4.57 Å². The Morgan fingerprint density at radius 3 is 2.89 bits per heavy atom. The van der Waals surface area contributed by atoms with Crippen LogP contribution in [0.25, 0.3) is 11.1 Å². The minimum atomic E-state index is -0.461. The van der Waals surface area contributed by atoms with Gasteiger partial charge in [-0.05, 0) is 55.5 Å². The summed E-state index contributed by atoms with van der Waals surface area (Å²) in [5.74, 6) is -0.461. The number of carbonyl (C=O) groups is 1. The summed E-state index contributed by atoms with van der Waals surface area (Å²) in [5, 5.41) is 12.7. The predicted octanol–water partition coefficient (Wildman–Crippen LogP) is 2.32. The second kappa shape index (κ2) is 7.59. The molecule has 2 N–H and O–H groups in total. The Hall–Kier alpha value is -2.93. The van der Waals surface area contributed by atoms with Crippen LogP contribution in [0.15, 0.2) is 51.8 Å². The average molecular weight is 381 g/mol. The van der Waals surface area contributed by atoms with Crippen LogP contribution in [-0.4, -0.2) is 26.7 Å². The normalized spacial score (nSPS) is 19.9. The zero-order chi connectivity index (χ0) is 19.7. The maximum absolute atomic E-state index is 12.6. The van der Waals surface area contributed by atoms with Gasteiger partial charge in [0.2, 0.25) is 5.91 Å². The highest BCUT2D eigenvalue weighted by molar-refractivity contribution is 5.77. The second-order valence-corrected chi connectivity index (χ2v) is 7.43. The lowest BCUT2D eigenvalue weighted by atomic mass is 9.76. The van der Waals surface area contributed by atoms with Gasteiger partial charge in [-0.2, -0.15) is 0 Å². The van der Waals surface area contributed by atoms with Crippen LogP contribution in [0.1, 0.15) is 36.6 Å². The fourth-order valence-electron chi connectivity index (χ4n) is 3.74. The van der Waals surface area contributed by atoms with Crippen LogP contribution >= 0.6 is 0 Å². The molecule has 1 amide bonds. The summed E-state index contributed by atoms with van der Waals surface area (Å²) in [5.41, 5.74) is 3.02. The zero-order valence-corrected chi connectivity index (χ0v) is 15.7. The highest BCUT2D eigenvalue weighted by Crippen LogP contribution is 2.37. The molecule has 2 heterocycles. The lowest BCUT2D eigenvalue weighted by molar-refractivity contribution is -0.123. The summed E-state index contributed by atoms with van der Waals surface area (Å²) >= 11 is 0. The Labute approximate surface area is 162 Å². The molecule has 0 bridgehead atoms. The second-order valence-electron chi connectivity index (χ2n) is 7.43. The van der Waals surface area contributed by atoms with Gasteiger partial charge in [0.15, 0.2) is 5.58 Å². The number of pyridine rings is 1. The van der Waals surface area contributed by atoms with Crippen molar-refractivity contribution in [3.05, 3.63) is 64.4 Å². The molecule has 1 aromatic carbocycles. The van der Waals surface area contributed by atoms with E-state index in [4.69, 9.17) is 4.42 Å². The number of fused-ring (bicyclic) bond motifs is 1. The maximum atomic E-state index is 12.6. The first kappa shape index (κ1) is 18.4. The van der Waals surface area contributed by atoms with E-state index in [0.29, 0.717) is 23.9 Å². The van der Waals surface area contributed by atoms with Gasteiger partial charge < -0.3 is 14.8 Å². The van der Waals surface area contributed by atoms with Gasteiger partial charge in [-0.3, -0.25) is 14.3 Å². The molecule has 1 aliphatic rings. The number of carbonyl (C=O) groups excluding carboxylic acids is 1. The van der Waals surface area contributed by atoms with Gasteiger partial charge in [0.05, 0.1) is 23.4 Å². The molecule has 4 rings (SSSR count). The Morgan fingerprint density at radius 1 is 1.36 bits per heavy atom. The number of aliphatic hydroxyl groups excluding tert-OH is 1. The third-order valence-electron chi connectivity index (χ3n) is 5.33. The Kier molecular flexibility index (Phi) is 5.00. The molecule has 0 radical (unpaired) electrons. The van der Waals surface area contributed by atoms with Crippen molar-refractivity contribution in [2.24, 2.45) is 5.92 Å². The highest BCUT2D eigenvalue weighted by atomic mass is 16.4. The number of aromatic nitrogens is 2. The first-order valence-corrected chi connectivity index (χ1v) is 9.49. The topological polar surface area (TPSA) is 97.4 Å². The fourth-order valence-corrected chi connectivity index (χ4v) is 3.74. The van der Waals surface area contributed by atoms with E-state index in [1.54, 1.807) is 12.3 Å². The molecule has 7 heteroatoms. The Morgan fingerprint density at radius 2 is 2.18 bits per heavy atom. The lowest BCUT2D eigenvalue weighted by Crippen LogP contribution is -2.42. The first-order chi connectivity index (χ1) is 13.5. The maximum Gasteiger partial charge on any atom is 0.419 e. The summed E-state index contributed by atoms with van der Waals surface area (Å²) in [6.45, 7) is 2.18. The monoisotopic (exact) mass is 381 g/mol. The van der Waals surface area contributed by atoms with Crippen LogP contribution in [0.5, 0.6) is 0 Å². The van der Waals surface area contributed by atoms with Crippen molar-refractivity contribution in [2.75, 3.05) is 0 Å². The molecule has 0 saturated heterocycles. The smallest absolute Gasteiger partial charge is 0.408 e. The summed E-state index contributed by atoms with van der Waals surface area (Å²) in [4.78, 5) is 29.1. The Bertz CT molecular complexity index is 1030. The van der Waals surface area contributed by atoms with E-state index in [0.717, 1.165) is 11.3 Å². The van der Waals surface area contributed by atoms with Gasteiger partial charge in [-0.25, -0.2) is 4.79 Å². The van der Waals surface area contributed by atoms with Gasteiger partial charge in [0.1, 0.15) is 0 Å². The van der Waals surface area contributed by atoms with Crippen molar-refractivity contribution < 1.29 is 14.3 Å². The number of oxazole rings is 1. The number of rotatable bonds is 6. The van der Waals surface area contributed by atoms with E-state index >= 15 is 0 Å². The van der Waals surface area contributed by atoms with Crippen LogP contribution in [0, 0.1) is 12.8 Å². The third kappa shape index (κ3) is 3.71. The summed E-state index contributed by atoms with van der Waals surface area (Å²) in [7, 11) is 0. The van der Waals surface area contributed by atoms with Crippen LogP contribution < -0.4 is 11.1 Å². The molecule has 28 heavy (non-hydrogen) atoms. The van der Waals surface area contributed by atoms with Gasteiger partial charge in [-0.15, -0.1) is 0 Å². The van der Waals surface area contributed by atoms with Gasteiger partial charge >= 0.3 is 5.76 Å². The Balaban J connectivity index is 1.47. The fraction of sp³-hybridized carbons (Fsp3) is 0.381. The van der Waals surface area contributed by atoms with Gasteiger partial charge in [-0.1, -0.05) is 12.1 Å². The van der Waals surface area contributed by atoms with Crippen LogP contribution in [0.3, 0.4) is 0 Å². The van der Waals surface area contributed by atoms with Crippen molar-refractivity contribution in [3.8, 4) is 0 Å². The van der Waals surface area contributed by atoms with Crippen molar-refractivity contribution in [2.45, 2.75) is 44.9 Å². The van der Waals surface area contributed by atoms with E-state index in [-0.39, 0.29) is 36.9 Å². The van der Waals surface area contributed by atoms with Gasteiger partial charge in [0.25, 0.3) is 0 Å². The molecule has 0 aliphatic heterocycles. The molecule has 146 valence electrons. The average Bonchev–Trinajstić information content (AvgIpc) is 2.97. The molecule has 0 spiro atoms. The molecule has 0 unspecified atom stereocenters. The quantitative estimate of drug-likeness (QED) is 0.683. The minimum Gasteiger partial charge on any atom is -0.408 e. The number of nitrogens with zero attached hydrogens (tertiary/aromatic N) is 2. The molecule has 1 atom stereocenters. The number of amides is 1. The number of hydrogen-bond donors (Lipinski definition) is 2. The van der Waals surface area contributed by atoms with Gasteiger partial charge in [0, 0.05) is 19.2 Å². The molecule has 7 nitrogen and oxygen atoms in total. The van der Waals surface area contributed by atoms with Crippen molar-refractivity contribution >= 4 is 17.0 Å². The molecule has 1 saturated carbocycles. The number of aliphatic hydroxyl groups is 1. The van der Waals surface area contributed by atoms with Crippen molar-refractivity contribution in [1.29, 1.82) is 0 Å². The molecule has 3 aromatic rings. The molecular formula is C21H23N3O4. The van der Waals surface area contributed by atoms with Crippen LogP contribution in [0.2, 0.25) is 0 Å². The van der Waals surface area contributed by atoms with E-state index < -0.39 is 5.76 Å². The summed E-state index contributed by atoms with van der Waals surface area (Å²) < 4.78 is 6.74. The van der Waals surface area contributed by atoms with E-state index in [1.807, 2.05) is 37.3 Å². The van der Waals surface area contributed by atoms with Crippen molar-refractivity contribution in [1.82, 2.24) is 14.9 Å². The third-order valence-corrected chi connectivity index (χ3v) is 5.33. The first-order valence-electron chi connectivity index (χ1n) is 9.49. The number of benzene rings is 1. The number of hydrogen-bond acceptors (Lipinski definition) is 5. The lowest BCUT2D eigenvalue weighted by Gasteiger charge is -2.37. The van der Waals surface area contributed by atoms with E-state index in [9.17, 15) is 14.7 Å². The highest BCUT2D eigenvalue weighted by Gasteiger charge is 2.36. The van der Waals surface area contributed by atoms with E-state index in [2.05, 4.69) is 10.3 Å². The summed E-state index contributed by atoms with van der Waals surface area (Å²) in [6.07, 6.45) is 2.83. The zero-order valence-electron chi connectivity index (χ0n) is 15.7.